The fourth-order valence-corrected chi connectivity index (χ4v) is 3.31. The number of carbonyl (C=O) groups is 1. The van der Waals surface area contributed by atoms with Gasteiger partial charge in [-0.15, -0.1) is 0 Å². The molecule has 1 aliphatic rings. The first-order valence-electron chi connectivity index (χ1n) is 8.87. The van der Waals surface area contributed by atoms with Crippen LogP contribution in [0.3, 0.4) is 0 Å². The summed E-state index contributed by atoms with van der Waals surface area (Å²) in [4.78, 5) is 19.3. The van der Waals surface area contributed by atoms with Crippen molar-refractivity contribution < 1.29 is 9.90 Å². The number of aliphatic hydroxyl groups excluding tert-OH is 1. The third-order valence-corrected chi connectivity index (χ3v) is 4.83. The molecule has 0 fully saturated rings. The molecular formula is C20H21ClN4O2S. The highest BCUT2D eigenvalue weighted by Gasteiger charge is 2.30. The van der Waals surface area contributed by atoms with E-state index in [2.05, 4.69) is 10.6 Å². The van der Waals surface area contributed by atoms with Crippen molar-refractivity contribution in [2.75, 3.05) is 25.1 Å². The Morgan fingerprint density at radius 3 is 2.75 bits per heavy atom. The number of anilines is 1. The molecule has 8 heteroatoms. The van der Waals surface area contributed by atoms with Gasteiger partial charge in [0.15, 0.2) is 5.11 Å². The fourth-order valence-electron chi connectivity index (χ4n) is 2.92. The summed E-state index contributed by atoms with van der Waals surface area (Å²) >= 11 is 11.5. The molecule has 0 spiro atoms. The van der Waals surface area contributed by atoms with Crippen molar-refractivity contribution in [1.29, 1.82) is 0 Å². The van der Waals surface area contributed by atoms with E-state index >= 15 is 0 Å². The Labute approximate surface area is 174 Å². The third-order valence-electron chi connectivity index (χ3n) is 4.33. The van der Waals surface area contributed by atoms with Crippen molar-refractivity contribution in [1.82, 2.24) is 10.6 Å². The second kappa shape index (κ2) is 9.14. The summed E-state index contributed by atoms with van der Waals surface area (Å²) in [7, 11) is 1.70. The van der Waals surface area contributed by atoms with Crippen LogP contribution in [-0.4, -0.2) is 48.2 Å². The minimum absolute atomic E-state index is 0.0626. The van der Waals surface area contributed by atoms with Crippen LogP contribution in [0.25, 0.3) is 0 Å². The van der Waals surface area contributed by atoms with Crippen LogP contribution in [0, 0.1) is 0 Å². The topological polar surface area (TPSA) is 77.0 Å². The maximum Gasteiger partial charge on any atom is 0.272 e. The highest BCUT2D eigenvalue weighted by molar-refractivity contribution is 7.80. The van der Waals surface area contributed by atoms with Crippen molar-refractivity contribution in [2.24, 2.45) is 4.99 Å². The number of benzene rings is 2. The van der Waals surface area contributed by atoms with Gasteiger partial charge in [0, 0.05) is 36.3 Å². The molecule has 0 saturated heterocycles. The van der Waals surface area contributed by atoms with Crippen LogP contribution >= 0.6 is 23.8 Å². The highest BCUT2D eigenvalue weighted by Crippen LogP contribution is 2.29. The van der Waals surface area contributed by atoms with Gasteiger partial charge in [-0.1, -0.05) is 41.9 Å². The summed E-state index contributed by atoms with van der Waals surface area (Å²) < 4.78 is 0. The quantitative estimate of drug-likeness (QED) is 0.515. The van der Waals surface area contributed by atoms with E-state index in [4.69, 9.17) is 33.9 Å². The van der Waals surface area contributed by atoms with Gasteiger partial charge < -0.3 is 20.6 Å². The number of benzodiazepines with no additional fused rings is 1. The number of amides is 1. The largest absolute Gasteiger partial charge is 0.396 e. The lowest BCUT2D eigenvalue weighted by Gasteiger charge is -2.22. The number of thiocarbonyl (C=S) groups is 1. The maximum atomic E-state index is 13.0. The molecule has 0 saturated carbocycles. The molecule has 0 aromatic heterocycles. The number of hydrogen-bond acceptors (Lipinski definition) is 4. The van der Waals surface area contributed by atoms with Gasteiger partial charge in [0.05, 0.1) is 11.4 Å². The van der Waals surface area contributed by atoms with Crippen LogP contribution in [0.1, 0.15) is 17.5 Å². The first-order valence-corrected chi connectivity index (χ1v) is 9.66. The van der Waals surface area contributed by atoms with Crippen molar-refractivity contribution in [3.8, 4) is 0 Å². The molecule has 2 aromatic carbocycles. The van der Waals surface area contributed by atoms with Crippen LogP contribution in [0.15, 0.2) is 53.5 Å². The standard InChI is InChI=1S/C20H21ClN4O2S/c1-25-16-9-8-14(21)12-15(16)17(13-6-3-2-4-7-13)23-18(19(25)27)24-20(28)22-10-5-11-26/h2-4,6-9,12,18,26H,5,10-11H2,1H3,(H2,22,24,28). The van der Waals surface area contributed by atoms with Crippen LogP contribution in [0.5, 0.6) is 0 Å². The van der Waals surface area contributed by atoms with E-state index in [1.807, 2.05) is 42.5 Å². The van der Waals surface area contributed by atoms with E-state index in [1.54, 1.807) is 18.0 Å². The lowest BCUT2D eigenvalue weighted by Crippen LogP contribution is -2.49. The summed E-state index contributed by atoms with van der Waals surface area (Å²) in [5.74, 6) is -0.235. The Morgan fingerprint density at radius 1 is 1.29 bits per heavy atom. The average molecular weight is 417 g/mol. The fraction of sp³-hybridized carbons (Fsp3) is 0.250. The molecule has 28 heavy (non-hydrogen) atoms. The van der Waals surface area contributed by atoms with Crippen LogP contribution in [0.2, 0.25) is 5.02 Å². The molecule has 0 aliphatic carbocycles. The van der Waals surface area contributed by atoms with Crippen LogP contribution in [-0.2, 0) is 4.79 Å². The number of rotatable bonds is 5. The molecule has 1 aliphatic heterocycles. The molecule has 6 nitrogen and oxygen atoms in total. The highest BCUT2D eigenvalue weighted by atomic mass is 35.5. The predicted molar refractivity (Wildman–Crippen MR) is 116 cm³/mol. The Bertz CT molecular complexity index is 904. The lowest BCUT2D eigenvalue weighted by molar-refractivity contribution is -0.119. The number of nitrogens with one attached hydrogen (secondary N) is 2. The molecule has 3 rings (SSSR count). The summed E-state index contributed by atoms with van der Waals surface area (Å²) in [5, 5.41) is 15.7. The Hall–Kier alpha value is -2.48. The predicted octanol–water partition coefficient (Wildman–Crippen LogP) is 2.33. The van der Waals surface area contributed by atoms with Crippen LogP contribution in [0.4, 0.5) is 5.69 Å². The zero-order valence-corrected chi connectivity index (χ0v) is 16.9. The smallest absolute Gasteiger partial charge is 0.272 e. The summed E-state index contributed by atoms with van der Waals surface area (Å²) in [6.45, 7) is 0.567. The molecule has 1 heterocycles. The molecule has 1 unspecified atom stereocenters. The van der Waals surface area contributed by atoms with Crippen LogP contribution < -0.4 is 15.5 Å². The van der Waals surface area contributed by atoms with Gasteiger partial charge in [-0.25, -0.2) is 4.99 Å². The van der Waals surface area contributed by atoms with Crippen molar-refractivity contribution in [3.05, 3.63) is 64.7 Å². The van der Waals surface area contributed by atoms with E-state index in [-0.39, 0.29) is 12.5 Å². The zero-order chi connectivity index (χ0) is 20.1. The second-order valence-corrected chi connectivity index (χ2v) is 7.13. The van der Waals surface area contributed by atoms with E-state index in [9.17, 15) is 4.79 Å². The maximum absolute atomic E-state index is 13.0. The number of aliphatic hydroxyl groups is 1. The summed E-state index contributed by atoms with van der Waals surface area (Å²) in [6, 6.07) is 15.0. The number of halogens is 1. The summed E-state index contributed by atoms with van der Waals surface area (Å²) in [6.07, 6.45) is -0.330. The summed E-state index contributed by atoms with van der Waals surface area (Å²) in [5.41, 5.74) is 3.03. The molecule has 1 amide bonds. The van der Waals surface area contributed by atoms with Gasteiger partial charge in [0.2, 0.25) is 6.17 Å². The molecule has 3 N–H and O–H groups in total. The van der Waals surface area contributed by atoms with E-state index in [0.29, 0.717) is 28.8 Å². The Balaban J connectivity index is 2.01. The van der Waals surface area contributed by atoms with Gasteiger partial charge in [-0.05, 0) is 36.8 Å². The Morgan fingerprint density at radius 2 is 2.04 bits per heavy atom. The van der Waals surface area contributed by atoms with E-state index in [0.717, 1.165) is 16.8 Å². The number of hydrogen-bond donors (Lipinski definition) is 3. The zero-order valence-electron chi connectivity index (χ0n) is 15.4. The lowest BCUT2D eigenvalue weighted by atomic mass is 10.0. The number of nitrogens with zero attached hydrogens (tertiary/aromatic N) is 2. The van der Waals surface area contributed by atoms with Crippen molar-refractivity contribution >= 4 is 46.2 Å². The van der Waals surface area contributed by atoms with Gasteiger partial charge in [0.1, 0.15) is 0 Å². The van der Waals surface area contributed by atoms with E-state index in [1.165, 1.54) is 0 Å². The van der Waals surface area contributed by atoms with Gasteiger partial charge in [-0.2, -0.15) is 0 Å². The van der Waals surface area contributed by atoms with Crippen molar-refractivity contribution in [3.63, 3.8) is 0 Å². The van der Waals surface area contributed by atoms with Gasteiger partial charge >= 0.3 is 0 Å². The van der Waals surface area contributed by atoms with E-state index < -0.39 is 6.17 Å². The minimum Gasteiger partial charge on any atom is -0.396 e. The van der Waals surface area contributed by atoms with Crippen molar-refractivity contribution in [2.45, 2.75) is 12.6 Å². The molecule has 2 aromatic rings. The second-order valence-electron chi connectivity index (χ2n) is 6.28. The third kappa shape index (κ3) is 4.49. The first kappa shape index (κ1) is 20.3. The van der Waals surface area contributed by atoms with Gasteiger partial charge in [0.25, 0.3) is 5.91 Å². The minimum atomic E-state index is -0.888. The normalized spacial score (nSPS) is 16.1. The first-order chi connectivity index (χ1) is 13.5. The number of fused-ring (bicyclic) bond motifs is 1. The molecule has 0 radical (unpaired) electrons. The number of aliphatic imine (C=N–C) groups is 1. The number of carbonyl (C=O) groups excluding carboxylic acids is 1. The molecule has 1 atom stereocenters. The molecule has 146 valence electrons. The Kier molecular flexibility index (Phi) is 6.61. The molecular weight excluding hydrogens is 396 g/mol. The SMILES string of the molecule is CN1C(=O)C(NC(=S)NCCCO)N=C(c2ccccc2)c2cc(Cl)ccc21. The van der Waals surface area contributed by atoms with Gasteiger partial charge in [-0.3, -0.25) is 4.79 Å². The monoisotopic (exact) mass is 416 g/mol. The molecule has 0 bridgehead atoms. The average Bonchev–Trinajstić information content (AvgIpc) is 2.79. The number of likely N-dealkylation sites (N-methyl/N-ethyl adjacent to an activating group) is 1.